The zero-order valence-corrected chi connectivity index (χ0v) is 11.1. The third-order valence-corrected chi connectivity index (χ3v) is 3.28. The van der Waals surface area contributed by atoms with E-state index >= 15 is 0 Å². The topological polar surface area (TPSA) is 56.5 Å². The summed E-state index contributed by atoms with van der Waals surface area (Å²) in [5.74, 6) is 0.734. The molecule has 0 fully saturated rings. The lowest BCUT2D eigenvalue weighted by Crippen LogP contribution is -1.99. The number of fused-ring (bicyclic) bond motifs is 1. The van der Waals surface area contributed by atoms with E-state index in [4.69, 9.17) is 0 Å². The predicted octanol–water partition coefficient (Wildman–Crippen LogP) is 2.88. The molecular weight excluding hydrogens is 262 g/mol. The van der Waals surface area contributed by atoms with Crippen LogP contribution < -0.4 is 0 Å². The molecule has 0 atom stereocenters. The van der Waals surface area contributed by atoms with Crippen LogP contribution in [0.2, 0.25) is 0 Å². The van der Waals surface area contributed by atoms with Crippen molar-refractivity contribution in [1.29, 1.82) is 0 Å². The third-order valence-electron chi connectivity index (χ3n) is 3.28. The summed E-state index contributed by atoms with van der Waals surface area (Å²) in [6.45, 7) is 0. The first-order chi connectivity index (χ1) is 10.4. The summed E-state index contributed by atoms with van der Waals surface area (Å²) in [7, 11) is 0. The summed E-state index contributed by atoms with van der Waals surface area (Å²) in [4.78, 5) is 13.0. The van der Waals surface area contributed by atoms with Crippen molar-refractivity contribution in [2.45, 2.75) is 0 Å². The fourth-order valence-corrected chi connectivity index (χ4v) is 2.25. The van der Waals surface area contributed by atoms with E-state index in [1.165, 1.54) is 0 Å². The quantitative estimate of drug-likeness (QED) is 0.563. The molecule has 0 radical (unpaired) electrons. The average Bonchev–Trinajstić information content (AvgIpc) is 3.09. The maximum atomic E-state index is 4.47. The molecule has 5 nitrogen and oxygen atoms in total. The maximum absolute atomic E-state index is 4.47. The van der Waals surface area contributed by atoms with E-state index in [1.807, 2.05) is 48.8 Å². The SMILES string of the molecule is c1ccc2ncc(-c3cc(-n4cccn4)ncn3)cc2c1. The number of benzene rings is 1. The van der Waals surface area contributed by atoms with Crippen molar-refractivity contribution in [2.24, 2.45) is 0 Å². The first kappa shape index (κ1) is 11.7. The molecule has 0 saturated heterocycles. The van der Waals surface area contributed by atoms with Gasteiger partial charge in [0, 0.05) is 35.6 Å². The molecule has 0 saturated carbocycles. The van der Waals surface area contributed by atoms with Gasteiger partial charge in [-0.1, -0.05) is 18.2 Å². The van der Waals surface area contributed by atoms with Crippen molar-refractivity contribution < 1.29 is 0 Å². The van der Waals surface area contributed by atoms with E-state index in [0.29, 0.717) is 0 Å². The Morgan fingerprint density at radius 2 is 1.86 bits per heavy atom. The first-order valence-electron chi connectivity index (χ1n) is 6.57. The predicted molar refractivity (Wildman–Crippen MR) is 79.9 cm³/mol. The zero-order chi connectivity index (χ0) is 14.1. The lowest BCUT2D eigenvalue weighted by atomic mass is 10.1. The highest BCUT2D eigenvalue weighted by atomic mass is 15.3. The van der Waals surface area contributed by atoms with Gasteiger partial charge in [0.25, 0.3) is 0 Å². The molecule has 0 bridgehead atoms. The van der Waals surface area contributed by atoms with Crippen LogP contribution in [0.1, 0.15) is 0 Å². The van der Waals surface area contributed by atoms with Crippen molar-refractivity contribution >= 4 is 10.9 Å². The van der Waals surface area contributed by atoms with Crippen molar-refractivity contribution in [3.63, 3.8) is 0 Å². The molecule has 0 spiro atoms. The Morgan fingerprint density at radius 1 is 0.905 bits per heavy atom. The summed E-state index contributed by atoms with van der Waals surface area (Å²) in [6.07, 6.45) is 6.95. The molecule has 4 aromatic rings. The third kappa shape index (κ3) is 2.14. The lowest BCUT2D eigenvalue weighted by Gasteiger charge is -2.05. The fraction of sp³-hybridized carbons (Fsp3) is 0. The highest BCUT2D eigenvalue weighted by Crippen LogP contribution is 2.21. The number of hydrogen-bond donors (Lipinski definition) is 0. The van der Waals surface area contributed by atoms with E-state index in [0.717, 1.165) is 28.0 Å². The van der Waals surface area contributed by atoms with Crippen LogP contribution >= 0.6 is 0 Å². The van der Waals surface area contributed by atoms with Gasteiger partial charge in [0.2, 0.25) is 0 Å². The number of aromatic nitrogens is 5. The summed E-state index contributed by atoms with van der Waals surface area (Å²) >= 11 is 0. The molecule has 0 amide bonds. The van der Waals surface area contributed by atoms with Gasteiger partial charge in [0.05, 0.1) is 11.2 Å². The molecule has 4 rings (SSSR count). The Labute approximate surface area is 120 Å². The van der Waals surface area contributed by atoms with Gasteiger partial charge < -0.3 is 0 Å². The minimum absolute atomic E-state index is 0.734. The lowest BCUT2D eigenvalue weighted by molar-refractivity contribution is 0.840. The van der Waals surface area contributed by atoms with E-state index in [9.17, 15) is 0 Å². The van der Waals surface area contributed by atoms with Crippen LogP contribution in [-0.4, -0.2) is 24.7 Å². The van der Waals surface area contributed by atoms with Gasteiger partial charge in [0.1, 0.15) is 6.33 Å². The molecule has 0 N–H and O–H groups in total. The molecule has 0 aliphatic carbocycles. The fourth-order valence-electron chi connectivity index (χ4n) is 2.25. The molecule has 5 heteroatoms. The molecule has 100 valence electrons. The summed E-state index contributed by atoms with van der Waals surface area (Å²) in [5, 5.41) is 5.27. The van der Waals surface area contributed by atoms with E-state index in [2.05, 4.69) is 26.1 Å². The highest BCUT2D eigenvalue weighted by molar-refractivity contribution is 5.82. The van der Waals surface area contributed by atoms with Gasteiger partial charge in [-0.2, -0.15) is 5.10 Å². The van der Waals surface area contributed by atoms with Crippen LogP contribution in [0.5, 0.6) is 0 Å². The Bertz CT molecular complexity index is 899. The van der Waals surface area contributed by atoms with E-state index < -0.39 is 0 Å². The van der Waals surface area contributed by atoms with Crippen LogP contribution in [0.3, 0.4) is 0 Å². The number of pyridine rings is 1. The van der Waals surface area contributed by atoms with Gasteiger partial charge in [-0.05, 0) is 18.2 Å². The monoisotopic (exact) mass is 273 g/mol. The Kier molecular flexibility index (Phi) is 2.67. The van der Waals surface area contributed by atoms with Gasteiger partial charge in [-0.25, -0.2) is 14.6 Å². The number of hydrogen-bond acceptors (Lipinski definition) is 4. The largest absolute Gasteiger partial charge is 0.256 e. The molecule has 1 aromatic carbocycles. The van der Waals surface area contributed by atoms with Gasteiger partial charge >= 0.3 is 0 Å². The Hall–Kier alpha value is -3.08. The standard InChI is InChI=1S/C16H11N5/c1-2-5-14-12(4-1)8-13(10-17-14)15-9-16(19-11-18-15)21-7-3-6-20-21/h1-11H. The maximum Gasteiger partial charge on any atom is 0.157 e. The van der Waals surface area contributed by atoms with Crippen LogP contribution in [0, 0.1) is 0 Å². The summed E-state index contributed by atoms with van der Waals surface area (Å²) < 4.78 is 1.71. The van der Waals surface area contributed by atoms with Gasteiger partial charge in [-0.3, -0.25) is 4.98 Å². The second-order valence-corrected chi connectivity index (χ2v) is 4.63. The zero-order valence-electron chi connectivity index (χ0n) is 11.1. The average molecular weight is 273 g/mol. The molecule has 3 heterocycles. The Morgan fingerprint density at radius 3 is 2.76 bits per heavy atom. The number of para-hydroxylation sites is 1. The van der Waals surface area contributed by atoms with Gasteiger partial charge in [-0.15, -0.1) is 0 Å². The molecule has 0 unspecified atom stereocenters. The molecular formula is C16H11N5. The highest BCUT2D eigenvalue weighted by Gasteiger charge is 2.05. The molecule has 21 heavy (non-hydrogen) atoms. The van der Waals surface area contributed by atoms with E-state index in [1.54, 1.807) is 17.2 Å². The van der Waals surface area contributed by atoms with Crippen LogP contribution in [0.15, 0.2) is 67.4 Å². The molecule has 3 aromatic heterocycles. The second-order valence-electron chi connectivity index (χ2n) is 4.63. The van der Waals surface area contributed by atoms with Gasteiger partial charge in [0.15, 0.2) is 5.82 Å². The second kappa shape index (κ2) is 4.79. The normalized spacial score (nSPS) is 10.9. The minimum atomic E-state index is 0.734. The van der Waals surface area contributed by atoms with Crippen molar-refractivity contribution in [3.05, 3.63) is 67.4 Å². The van der Waals surface area contributed by atoms with E-state index in [-0.39, 0.29) is 0 Å². The van der Waals surface area contributed by atoms with Crippen LogP contribution in [0.25, 0.3) is 28.0 Å². The molecule has 0 aliphatic rings. The summed E-state index contributed by atoms with van der Waals surface area (Å²) in [6, 6.07) is 13.9. The number of rotatable bonds is 2. The first-order valence-corrected chi connectivity index (χ1v) is 6.57. The van der Waals surface area contributed by atoms with Crippen LogP contribution in [0.4, 0.5) is 0 Å². The van der Waals surface area contributed by atoms with Crippen molar-refractivity contribution in [3.8, 4) is 17.1 Å². The molecule has 0 aliphatic heterocycles. The Balaban J connectivity index is 1.83. The minimum Gasteiger partial charge on any atom is -0.256 e. The number of nitrogens with zero attached hydrogens (tertiary/aromatic N) is 5. The smallest absolute Gasteiger partial charge is 0.157 e. The van der Waals surface area contributed by atoms with Crippen LogP contribution in [-0.2, 0) is 0 Å². The van der Waals surface area contributed by atoms with Crippen molar-refractivity contribution in [2.75, 3.05) is 0 Å². The summed E-state index contributed by atoms with van der Waals surface area (Å²) in [5.41, 5.74) is 2.76. The van der Waals surface area contributed by atoms with Crippen molar-refractivity contribution in [1.82, 2.24) is 24.7 Å².